The molecular weight excluding hydrogens is 271 g/mol. The predicted molar refractivity (Wildman–Crippen MR) is 79.0 cm³/mol. The maximum atomic E-state index is 14.3. The van der Waals surface area contributed by atoms with Crippen molar-refractivity contribution in [1.82, 2.24) is 9.55 Å². The van der Waals surface area contributed by atoms with E-state index >= 15 is 0 Å². The van der Waals surface area contributed by atoms with Gasteiger partial charge in [-0.25, -0.2) is 9.37 Å². The molecule has 2 N–H and O–H groups in total. The second kappa shape index (κ2) is 4.04. The molecule has 2 aromatic rings. The molecule has 2 fully saturated rings. The van der Waals surface area contributed by atoms with E-state index in [9.17, 15) is 9.18 Å². The van der Waals surface area contributed by atoms with Gasteiger partial charge in [0.25, 0.3) is 0 Å². The zero-order valence-corrected chi connectivity index (χ0v) is 11.8. The molecule has 0 aromatic carbocycles. The number of fused-ring (bicyclic) bond motifs is 1. The Morgan fingerprint density at radius 1 is 1.43 bits per heavy atom. The van der Waals surface area contributed by atoms with Gasteiger partial charge in [-0.15, -0.1) is 0 Å². The van der Waals surface area contributed by atoms with Crippen LogP contribution in [0.25, 0.3) is 11.0 Å². The number of hydrogen-bond acceptors (Lipinski definition) is 4. The Labute approximate surface area is 121 Å². The van der Waals surface area contributed by atoms with Crippen LogP contribution in [0.1, 0.15) is 25.8 Å². The molecule has 0 amide bonds. The van der Waals surface area contributed by atoms with Gasteiger partial charge in [0.05, 0.1) is 5.39 Å². The van der Waals surface area contributed by atoms with Crippen LogP contribution in [0.15, 0.2) is 23.1 Å². The maximum Gasteiger partial charge on any atom is 0.191 e. The van der Waals surface area contributed by atoms with Crippen LogP contribution in [0, 0.1) is 5.82 Å². The van der Waals surface area contributed by atoms with Crippen LogP contribution < -0.4 is 16.1 Å². The summed E-state index contributed by atoms with van der Waals surface area (Å²) in [5.74, 6) is -0.158. The van der Waals surface area contributed by atoms with Crippen molar-refractivity contribution in [1.29, 1.82) is 0 Å². The third-order valence-corrected chi connectivity index (χ3v) is 4.18. The number of nitrogens with zero attached hydrogens (tertiary/aromatic N) is 3. The van der Waals surface area contributed by atoms with E-state index in [-0.39, 0.29) is 11.0 Å². The van der Waals surface area contributed by atoms with Crippen molar-refractivity contribution >= 4 is 16.9 Å². The van der Waals surface area contributed by atoms with Crippen molar-refractivity contribution in [3.63, 3.8) is 0 Å². The van der Waals surface area contributed by atoms with Crippen molar-refractivity contribution < 1.29 is 4.39 Å². The molecule has 1 aliphatic heterocycles. The van der Waals surface area contributed by atoms with Crippen LogP contribution in [-0.2, 0) is 0 Å². The summed E-state index contributed by atoms with van der Waals surface area (Å²) in [6, 6.07) is 3.18. The van der Waals surface area contributed by atoms with E-state index in [1.807, 2.05) is 16.4 Å². The fourth-order valence-corrected chi connectivity index (χ4v) is 3.00. The molecule has 0 bridgehead atoms. The summed E-state index contributed by atoms with van der Waals surface area (Å²) < 4.78 is 16.3. The molecule has 0 unspecified atom stereocenters. The molecule has 1 aliphatic carbocycles. The Bertz CT molecular complexity index is 786. The fourth-order valence-electron chi connectivity index (χ4n) is 3.00. The molecule has 2 aromatic heterocycles. The summed E-state index contributed by atoms with van der Waals surface area (Å²) >= 11 is 0. The normalized spacial score (nSPS) is 20.6. The highest BCUT2D eigenvalue weighted by Gasteiger charge is 2.37. The zero-order chi connectivity index (χ0) is 14.8. The van der Waals surface area contributed by atoms with Gasteiger partial charge in [-0.05, 0) is 25.8 Å². The van der Waals surface area contributed by atoms with Gasteiger partial charge in [0.2, 0.25) is 0 Å². The molecule has 0 radical (unpaired) electrons. The molecule has 1 saturated carbocycles. The number of halogens is 1. The van der Waals surface area contributed by atoms with Gasteiger partial charge in [-0.1, -0.05) is 0 Å². The van der Waals surface area contributed by atoms with Gasteiger partial charge < -0.3 is 15.2 Å². The summed E-state index contributed by atoms with van der Waals surface area (Å²) in [5.41, 5.74) is 6.07. The standard InChI is InChI=1S/C15H17FN4O/c1-15(17)7-19(8-15)14-11(16)6-10-12(21)4-5-20(9-2-3-9)13(10)18-14/h4-6,9H,2-3,7-8,17H2,1H3. The van der Waals surface area contributed by atoms with E-state index in [4.69, 9.17) is 5.73 Å². The molecule has 21 heavy (non-hydrogen) atoms. The Kier molecular flexibility index (Phi) is 2.45. The summed E-state index contributed by atoms with van der Waals surface area (Å²) in [5, 5.41) is 0.349. The van der Waals surface area contributed by atoms with E-state index in [1.54, 1.807) is 6.20 Å². The van der Waals surface area contributed by atoms with E-state index in [1.165, 1.54) is 12.1 Å². The molecule has 1 saturated heterocycles. The first-order chi connectivity index (χ1) is 9.94. The number of anilines is 1. The number of rotatable bonds is 2. The minimum atomic E-state index is -0.455. The van der Waals surface area contributed by atoms with Crippen LogP contribution in [0.4, 0.5) is 10.2 Å². The molecule has 6 heteroatoms. The first-order valence-electron chi connectivity index (χ1n) is 7.20. The summed E-state index contributed by atoms with van der Waals surface area (Å²) in [6.07, 6.45) is 3.92. The van der Waals surface area contributed by atoms with Crippen molar-refractivity contribution in [2.75, 3.05) is 18.0 Å². The van der Waals surface area contributed by atoms with Crippen LogP contribution in [0.2, 0.25) is 0 Å². The number of aromatic nitrogens is 2. The van der Waals surface area contributed by atoms with Gasteiger partial charge in [-0.3, -0.25) is 4.79 Å². The number of hydrogen-bond donors (Lipinski definition) is 1. The van der Waals surface area contributed by atoms with Crippen molar-refractivity contribution in [3.8, 4) is 0 Å². The Morgan fingerprint density at radius 3 is 2.76 bits per heavy atom. The first-order valence-corrected chi connectivity index (χ1v) is 7.20. The average Bonchev–Trinajstić information content (AvgIpc) is 3.21. The van der Waals surface area contributed by atoms with Crippen LogP contribution in [0.3, 0.4) is 0 Å². The van der Waals surface area contributed by atoms with Crippen molar-refractivity contribution in [2.45, 2.75) is 31.3 Å². The molecule has 3 heterocycles. The van der Waals surface area contributed by atoms with E-state index in [2.05, 4.69) is 4.98 Å². The van der Waals surface area contributed by atoms with E-state index in [0.717, 1.165) is 12.8 Å². The molecule has 5 nitrogen and oxygen atoms in total. The number of pyridine rings is 2. The first kappa shape index (κ1) is 12.8. The largest absolute Gasteiger partial charge is 0.350 e. The summed E-state index contributed by atoms with van der Waals surface area (Å²) in [4.78, 5) is 18.2. The molecule has 110 valence electrons. The van der Waals surface area contributed by atoms with Gasteiger partial charge in [0.1, 0.15) is 5.65 Å². The molecule has 4 rings (SSSR count). The quantitative estimate of drug-likeness (QED) is 0.907. The molecular formula is C15H17FN4O. The van der Waals surface area contributed by atoms with Crippen LogP contribution in [0.5, 0.6) is 0 Å². The number of nitrogens with two attached hydrogens (primary N) is 1. The van der Waals surface area contributed by atoms with Gasteiger partial charge in [-0.2, -0.15) is 0 Å². The van der Waals surface area contributed by atoms with Crippen LogP contribution in [-0.4, -0.2) is 28.2 Å². The molecule has 0 atom stereocenters. The maximum absolute atomic E-state index is 14.3. The smallest absolute Gasteiger partial charge is 0.191 e. The van der Waals surface area contributed by atoms with Crippen molar-refractivity contribution in [2.24, 2.45) is 5.73 Å². The monoisotopic (exact) mass is 288 g/mol. The van der Waals surface area contributed by atoms with Gasteiger partial charge in [0.15, 0.2) is 17.1 Å². The Hall–Kier alpha value is -1.95. The fraction of sp³-hybridized carbons (Fsp3) is 0.467. The molecule has 2 aliphatic rings. The van der Waals surface area contributed by atoms with E-state index in [0.29, 0.717) is 36.0 Å². The highest BCUT2D eigenvalue weighted by molar-refractivity contribution is 5.77. The predicted octanol–water partition coefficient (Wildman–Crippen LogP) is 1.41. The van der Waals surface area contributed by atoms with Gasteiger partial charge >= 0.3 is 0 Å². The topological polar surface area (TPSA) is 64.2 Å². The minimum absolute atomic E-state index is 0.188. The SMILES string of the molecule is CC1(N)CN(c2nc3c(cc2F)c(=O)ccn3C2CC2)C1. The summed E-state index contributed by atoms with van der Waals surface area (Å²) in [6.45, 7) is 3.08. The minimum Gasteiger partial charge on any atom is -0.350 e. The van der Waals surface area contributed by atoms with E-state index < -0.39 is 5.82 Å². The highest BCUT2D eigenvalue weighted by Crippen LogP contribution is 2.37. The average molecular weight is 288 g/mol. The third kappa shape index (κ3) is 2.01. The summed E-state index contributed by atoms with van der Waals surface area (Å²) in [7, 11) is 0. The lowest BCUT2D eigenvalue weighted by Gasteiger charge is -2.46. The highest BCUT2D eigenvalue weighted by atomic mass is 19.1. The lowest BCUT2D eigenvalue weighted by molar-refractivity contribution is 0.358. The lowest BCUT2D eigenvalue weighted by atomic mass is 9.94. The second-order valence-electron chi connectivity index (χ2n) is 6.49. The third-order valence-electron chi connectivity index (χ3n) is 4.18. The van der Waals surface area contributed by atoms with Crippen LogP contribution >= 0.6 is 0 Å². The van der Waals surface area contributed by atoms with Gasteiger partial charge in [0, 0.05) is 36.9 Å². The Morgan fingerprint density at radius 2 is 2.14 bits per heavy atom. The molecule has 0 spiro atoms. The Balaban J connectivity index is 1.87. The second-order valence-corrected chi connectivity index (χ2v) is 6.49. The lowest BCUT2D eigenvalue weighted by Crippen LogP contribution is -2.66. The van der Waals surface area contributed by atoms with Crippen molar-refractivity contribution in [3.05, 3.63) is 34.4 Å². The zero-order valence-electron chi connectivity index (χ0n) is 11.8.